The molecule has 110 valence electrons. The second kappa shape index (κ2) is 4.91. The van der Waals surface area contributed by atoms with Crippen LogP contribution in [0.1, 0.15) is 36.2 Å². The predicted molar refractivity (Wildman–Crippen MR) is 70.1 cm³/mol. The molecular weight excluding hydrogens is 282 g/mol. The average molecular weight is 294 g/mol. The molecule has 0 bridgehead atoms. The number of aromatic nitrogens is 2. The van der Waals surface area contributed by atoms with Gasteiger partial charge in [0.2, 0.25) is 5.43 Å². The van der Waals surface area contributed by atoms with Crippen LogP contribution in [0.15, 0.2) is 17.1 Å². The molecule has 0 spiro atoms. The first-order valence-corrected chi connectivity index (χ1v) is 6.61. The molecular formula is C14H12F2N2O3. The Morgan fingerprint density at radius 2 is 2.19 bits per heavy atom. The van der Waals surface area contributed by atoms with Gasteiger partial charge in [0, 0.05) is 12.2 Å². The number of halogens is 2. The van der Waals surface area contributed by atoms with Gasteiger partial charge in [0.05, 0.1) is 12.0 Å². The molecule has 0 atom stereocenters. The molecule has 2 aromatic rings. The lowest BCUT2D eigenvalue weighted by Gasteiger charge is -2.11. The molecule has 3 rings (SSSR count). The lowest BCUT2D eigenvalue weighted by molar-refractivity contribution is 0.0524. The number of nitrogens with zero attached hydrogens (tertiary/aromatic N) is 2. The Labute approximate surface area is 118 Å². The summed E-state index contributed by atoms with van der Waals surface area (Å²) in [4.78, 5) is 27.6. The molecule has 1 aliphatic rings. The summed E-state index contributed by atoms with van der Waals surface area (Å²) in [7, 11) is 0. The van der Waals surface area contributed by atoms with Crippen LogP contribution in [0, 0.1) is 11.8 Å². The highest BCUT2D eigenvalue weighted by Gasteiger charge is 2.28. The van der Waals surface area contributed by atoms with Crippen molar-refractivity contribution in [1.82, 2.24) is 9.55 Å². The van der Waals surface area contributed by atoms with Crippen molar-refractivity contribution in [3.8, 4) is 0 Å². The first kappa shape index (κ1) is 13.7. The maximum Gasteiger partial charge on any atom is 0.343 e. The fourth-order valence-electron chi connectivity index (χ4n) is 2.21. The SMILES string of the molecule is CCOC(=O)c1cn(C2CC2)c2nc(F)c(F)cc2c1=O. The minimum atomic E-state index is -1.26. The molecule has 1 fully saturated rings. The number of rotatable bonds is 3. The second-order valence-electron chi connectivity index (χ2n) is 4.86. The van der Waals surface area contributed by atoms with Crippen LogP contribution < -0.4 is 5.43 Å². The Kier molecular flexibility index (Phi) is 3.19. The fourth-order valence-corrected chi connectivity index (χ4v) is 2.21. The predicted octanol–water partition coefficient (Wildman–Crippen LogP) is 2.19. The van der Waals surface area contributed by atoms with Gasteiger partial charge in [-0.1, -0.05) is 0 Å². The molecule has 0 amide bonds. The van der Waals surface area contributed by atoms with E-state index in [4.69, 9.17) is 4.74 Å². The first-order valence-electron chi connectivity index (χ1n) is 6.61. The molecule has 0 aliphatic heterocycles. The van der Waals surface area contributed by atoms with Crippen LogP contribution in [0.4, 0.5) is 8.78 Å². The lowest BCUT2D eigenvalue weighted by Crippen LogP contribution is -2.21. The van der Waals surface area contributed by atoms with Gasteiger partial charge >= 0.3 is 5.97 Å². The second-order valence-corrected chi connectivity index (χ2v) is 4.86. The topological polar surface area (TPSA) is 61.2 Å². The number of esters is 1. The number of fused-ring (bicyclic) bond motifs is 1. The molecule has 5 nitrogen and oxygen atoms in total. The highest BCUT2D eigenvalue weighted by Crippen LogP contribution is 2.36. The molecule has 0 N–H and O–H groups in total. The van der Waals surface area contributed by atoms with E-state index in [-0.39, 0.29) is 29.2 Å². The third kappa shape index (κ3) is 2.28. The van der Waals surface area contributed by atoms with E-state index in [0.717, 1.165) is 18.9 Å². The standard InChI is InChI=1S/C14H12F2N2O3/c1-2-21-14(20)9-6-18(7-3-4-7)13-8(11(9)19)5-10(15)12(16)17-13/h5-7H,2-4H2,1H3. The molecule has 0 unspecified atom stereocenters. The molecule has 21 heavy (non-hydrogen) atoms. The van der Waals surface area contributed by atoms with Crippen LogP contribution in [0.3, 0.4) is 0 Å². The van der Waals surface area contributed by atoms with Crippen molar-refractivity contribution < 1.29 is 18.3 Å². The van der Waals surface area contributed by atoms with Crippen molar-refractivity contribution in [2.75, 3.05) is 6.61 Å². The van der Waals surface area contributed by atoms with Gasteiger partial charge in [-0.2, -0.15) is 9.37 Å². The highest BCUT2D eigenvalue weighted by atomic mass is 19.2. The van der Waals surface area contributed by atoms with E-state index >= 15 is 0 Å². The third-order valence-corrected chi connectivity index (χ3v) is 3.35. The summed E-state index contributed by atoms with van der Waals surface area (Å²) in [5.41, 5.74) is -0.842. The van der Waals surface area contributed by atoms with Gasteiger partial charge in [-0.05, 0) is 25.8 Å². The van der Waals surface area contributed by atoms with Crippen molar-refractivity contribution in [2.45, 2.75) is 25.8 Å². The van der Waals surface area contributed by atoms with Gasteiger partial charge in [0.25, 0.3) is 5.95 Å². The Bertz CT molecular complexity index is 797. The van der Waals surface area contributed by atoms with Crippen LogP contribution in [-0.2, 0) is 4.74 Å². The summed E-state index contributed by atoms with van der Waals surface area (Å²) < 4.78 is 33.1. The maximum atomic E-state index is 13.4. The molecule has 1 saturated carbocycles. The zero-order valence-corrected chi connectivity index (χ0v) is 11.2. The van der Waals surface area contributed by atoms with Crippen LogP contribution in [0.25, 0.3) is 11.0 Å². The van der Waals surface area contributed by atoms with Crippen LogP contribution in [0.5, 0.6) is 0 Å². The normalized spacial score (nSPS) is 14.4. The van der Waals surface area contributed by atoms with Crippen molar-refractivity contribution in [2.24, 2.45) is 0 Å². The van der Waals surface area contributed by atoms with Crippen molar-refractivity contribution in [1.29, 1.82) is 0 Å². The van der Waals surface area contributed by atoms with Crippen molar-refractivity contribution in [3.05, 3.63) is 39.8 Å². The van der Waals surface area contributed by atoms with E-state index in [2.05, 4.69) is 4.98 Å². The maximum absolute atomic E-state index is 13.4. The van der Waals surface area contributed by atoms with Gasteiger partial charge in [-0.25, -0.2) is 9.18 Å². The van der Waals surface area contributed by atoms with Gasteiger partial charge in [-0.3, -0.25) is 4.79 Å². The number of carbonyl (C=O) groups excluding carboxylic acids is 1. The van der Waals surface area contributed by atoms with E-state index < -0.39 is 23.2 Å². The summed E-state index contributed by atoms with van der Waals surface area (Å²) in [6, 6.07) is 0.820. The molecule has 2 heterocycles. The molecule has 0 aromatic carbocycles. The molecule has 2 aromatic heterocycles. The lowest BCUT2D eigenvalue weighted by atomic mass is 10.2. The minimum Gasteiger partial charge on any atom is -0.462 e. The molecule has 7 heteroatoms. The van der Waals surface area contributed by atoms with Gasteiger partial charge in [-0.15, -0.1) is 0 Å². The summed E-state index contributed by atoms with van der Waals surface area (Å²) in [6.45, 7) is 1.74. The summed E-state index contributed by atoms with van der Waals surface area (Å²) in [5, 5.41) is -0.119. The number of hydrogen-bond donors (Lipinski definition) is 0. The van der Waals surface area contributed by atoms with E-state index in [1.54, 1.807) is 11.5 Å². The Hall–Kier alpha value is -2.31. The Morgan fingerprint density at radius 3 is 2.81 bits per heavy atom. The summed E-state index contributed by atoms with van der Waals surface area (Å²) in [6.07, 6.45) is 2.99. The van der Waals surface area contributed by atoms with Crippen molar-refractivity contribution >= 4 is 17.0 Å². The van der Waals surface area contributed by atoms with Gasteiger partial charge < -0.3 is 9.30 Å². The number of pyridine rings is 2. The average Bonchev–Trinajstić information content (AvgIpc) is 3.26. The monoisotopic (exact) mass is 294 g/mol. The summed E-state index contributed by atoms with van der Waals surface area (Å²) >= 11 is 0. The van der Waals surface area contributed by atoms with Crippen molar-refractivity contribution in [3.63, 3.8) is 0 Å². The minimum absolute atomic E-state index is 0.0404. The first-order chi connectivity index (χ1) is 10.0. The summed E-state index contributed by atoms with van der Waals surface area (Å²) in [5.74, 6) is -3.26. The Balaban J connectivity index is 2.31. The quantitative estimate of drug-likeness (QED) is 0.643. The number of ether oxygens (including phenoxy) is 1. The van der Waals surface area contributed by atoms with Gasteiger partial charge in [0.15, 0.2) is 5.82 Å². The number of hydrogen-bond acceptors (Lipinski definition) is 4. The van der Waals surface area contributed by atoms with Crippen LogP contribution >= 0.6 is 0 Å². The van der Waals surface area contributed by atoms with E-state index in [9.17, 15) is 18.4 Å². The largest absolute Gasteiger partial charge is 0.462 e. The third-order valence-electron chi connectivity index (χ3n) is 3.35. The van der Waals surface area contributed by atoms with E-state index in [1.807, 2.05) is 0 Å². The molecule has 0 saturated heterocycles. The van der Waals surface area contributed by atoms with E-state index in [1.165, 1.54) is 6.20 Å². The smallest absolute Gasteiger partial charge is 0.343 e. The van der Waals surface area contributed by atoms with E-state index in [0.29, 0.717) is 0 Å². The van der Waals surface area contributed by atoms with Gasteiger partial charge in [0.1, 0.15) is 11.2 Å². The Morgan fingerprint density at radius 1 is 1.48 bits per heavy atom. The molecule has 0 radical (unpaired) electrons. The fraction of sp³-hybridized carbons (Fsp3) is 0.357. The highest BCUT2D eigenvalue weighted by molar-refractivity contribution is 5.93. The zero-order chi connectivity index (χ0) is 15.1. The number of carbonyl (C=O) groups is 1. The van der Waals surface area contributed by atoms with Crippen LogP contribution in [0.2, 0.25) is 0 Å². The zero-order valence-electron chi connectivity index (χ0n) is 11.2. The molecule has 1 aliphatic carbocycles. The van der Waals surface area contributed by atoms with Crippen LogP contribution in [-0.4, -0.2) is 22.1 Å².